The fourth-order valence-electron chi connectivity index (χ4n) is 2.31. The van der Waals surface area contributed by atoms with Gasteiger partial charge in [0.1, 0.15) is 0 Å². The monoisotopic (exact) mass is 237 g/mol. The summed E-state index contributed by atoms with van der Waals surface area (Å²) in [6.07, 6.45) is 9.63. The highest BCUT2D eigenvalue weighted by Gasteiger charge is 2.19. The molecule has 0 saturated heterocycles. The van der Waals surface area contributed by atoms with Crippen LogP contribution in [0.4, 0.5) is 0 Å². The molecule has 0 nitrogen and oxygen atoms in total. The molecule has 0 aliphatic carbocycles. The molecule has 0 aromatic rings. The van der Waals surface area contributed by atoms with Crippen molar-refractivity contribution in [1.82, 2.24) is 0 Å². The molecule has 17 heavy (non-hydrogen) atoms. The van der Waals surface area contributed by atoms with E-state index in [2.05, 4.69) is 60.6 Å². The van der Waals surface area contributed by atoms with Crippen molar-refractivity contribution in [2.45, 2.75) is 67.2 Å². The van der Waals surface area contributed by atoms with E-state index in [0.29, 0.717) is 5.41 Å². The van der Waals surface area contributed by atoms with Gasteiger partial charge in [0, 0.05) is 0 Å². The third-order valence-corrected chi connectivity index (χ3v) is 4.35. The summed E-state index contributed by atoms with van der Waals surface area (Å²) in [7, 11) is 0. The zero-order valence-corrected chi connectivity index (χ0v) is 12.9. The molecule has 0 aliphatic heterocycles. The van der Waals surface area contributed by atoms with Crippen molar-refractivity contribution in [2.24, 2.45) is 23.2 Å². The predicted molar refractivity (Wildman–Crippen MR) is 79.9 cm³/mol. The fraction of sp³-hybridized carbons (Fsp3) is 0.824. The molecule has 3 unspecified atom stereocenters. The Balaban J connectivity index is 3.96. The van der Waals surface area contributed by atoms with Crippen LogP contribution in [0.3, 0.4) is 0 Å². The van der Waals surface area contributed by atoms with E-state index in [1.54, 1.807) is 0 Å². The lowest BCUT2D eigenvalue weighted by Gasteiger charge is -2.32. The second-order valence-corrected chi connectivity index (χ2v) is 6.70. The Labute approximate surface area is 110 Å². The lowest BCUT2D eigenvalue weighted by Crippen LogP contribution is -2.18. The number of rotatable bonds is 8. The first-order valence-corrected chi connectivity index (χ1v) is 7.23. The van der Waals surface area contributed by atoms with Gasteiger partial charge in [-0.25, -0.2) is 0 Å². The van der Waals surface area contributed by atoms with E-state index in [-0.39, 0.29) is 0 Å². The van der Waals surface area contributed by atoms with E-state index in [4.69, 9.17) is 0 Å². The van der Waals surface area contributed by atoms with Crippen LogP contribution in [0.15, 0.2) is 12.7 Å². The Morgan fingerprint density at radius 1 is 1.18 bits per heavy atom. The topological polar surface area (TPSA) is 0 Å². The molecule has 0 aromatic carbocycles. The van der Waals surface area contributed by atoms with Gasteiger partial charge < -0.3 is 6.42 Å². The minimum atomic E-state index is 0.457. The Bertz CT molecular complexity index is 197. The van der Waals surface area contributed by atoms with Gasteiger partial charge in [0.25, 0.3) is 0 Å². The van der Waals surface area contributed by atoms with Gasteiger partial charge in [0.15, 0.2) is 0 Å². The molecule has 0 spiro atoms. The smallest absolute Gasteiger partial charge is 0.0349 e. The van der Waals surface area contributed by atoms with Crippen molar-refractivity contribution in [3.63, 3.8) is 0 Å². The Kier molecular flexibility index (Phi) is 7.83. The lowest BCUT2D eigenvalue weighted by atomic mass is 9.77. The second-order valence-electron chi connectivity index (χ2n) is 6.70. The highest BCUT2D eigenvalue weighted by atomic mass is 14.3. The summed E-state index contributed by atoms with van der Waals surface area (Å²) < 4.78 is 0. The van der Waals surface area contributed by atoms with Crippen LogP contribution >= 0.6 is 0 Å². The summed E-state index contributed by atoms with van der Waals surface area (Å²) >= 11 is 0. The molecule has 0 amide bonds. The van der Waals surface area contributed by atoms with E-state index in [9.17, 15) is 0 Å². The first-order chi connectivity index (χ1) is 7.82. The first kappa shape index (κ1) is 16.7. The summed E-state index contributed by atoms with van der Waals surface area (Å²) in [6.45, 7) is 17.8. The summed E-state index contributed by atoms with van der Waals surface area (Å²) in [5.41, 5.74) is 0.457. The van der Waals surface area contributed by atoms with Gasteiger partial charge in [-0.15, -0.1) is 6.58 Å². The summed E-state index contributed by atoms with van der Waals surface area (Å²) in [4.78, 5) is 0. The molecule has 0 bridgehead atoms. The van der Waals surface area contributed by atoms with Crippen LogP contribution in [0, 0.1) is 29.6 Å². The fourth-order valence-corrected chi connectivity index (χ4v) is 2.31. The Morgan fingerprint density at radius 3 is 2.18 bits per heavy atom. The molecule has 0 aliphatic rings. The molecule has 0 aromatic heterocycles. The molecular formula is C17H33-. The van der Waals surface area contributed by atoms with E-state index >= 15 is 0 Å². The van der Waals surface area contributed by atoms with Crippen LogP contribution in [-0.2, 0) is 0 Å². The molecule has 0 rings (SSSR count). The lowest BCUT2D eigenvalue weighted by molar-refractivity contribution is 0.233. The minimum Gasteiger partial charge on any atom is -0.328 e. The van der Waals surface area contributed by atoms with E-state index in [1.807, 2.05) is 0 Å². The Hall–Kier alpha value is -0.260. The van der Waals surface area contributed by atoms with Crippen molar-refractivity contribution in [2.75, 3.05) is 0 Å². The minimum absolute atomic E-state index is 0.457. The first-order valence-electron chi connectivity index (χ1n) is 7.23. The average molecular weight is 237 g/mol. The van der Waals surface area contributed by atoms with Gasteiger partial charge in [-0.3, -0.25) is 0 Å². The van der Waals surface area contributed by atoms with Crippen molar-refractivity contribution in [1.29, 1.82) is 0 Å². The van der Waals surface area contributed by atoms with Gasteiger partial charge in [0.2, 0.25) is 0 Å². The zero-order valence-electron chi connectivity index (χ0n) is 12.9. The quantitative estimate of drug-likeness (QED) is 0.364. The van der Waals surface area contributed by atoms with Gasteiger partial charge in [-0.2, -0.15) is 12.8 Å². The number of hydrogen-bond donors (Lipinski definition) is 0. The standard InChI is InChI=1S/C17H33/c1-8-11-14(3)16(9-2)13-10-12-15(4)17(5,6)7/h8-9,14-16H,1,10-13H2,2-7H3/q-1. The molecule has 0 heteroatoms. The van der Waals surface area contributed by atoms with Crippen LogP contribution in [0.1, 0.15) is 67.2 Å². The highest BCUT2D eigenvalue weighted by Crippen LogP contribution is 2.31. The largest absolute Gasteiger partial charge is 0.328 e. The van der Waals surface area contributed by atoms with Gasteiger partial charge >= 0.3 is 0 Å². The summed E-state index contributed by atoms with van der Waals surface area (Å²) in [5.74, 6) is 2.33. The number of allylic oxidation sites excluding steroid dienone is 1. The van der Waals surface area contributed by atoms with E-state index in [0.717, 1.165) is 24.2 Å². The molecule has 0 fully saturated rings. The van der Waals surface area contributed by atoms with Crippen LogP contribution in [0.25, 0.3) is 0 Å². The molecule has 3 atom stereocenters. The van der Waals surface area contributed by atoms with Crippen LogP contribution in [-0.4, -0.2) is 0 Å². The maximum Gasteiger partial charge on any atom is -0.0349 e. The number of hydrogen-bond acceptors (Lipinski definition) is 0. The third-order valence-electron chi connectivity index (χ3n) is 4.35. The maximum absolute atomic E-state index is 3.84. The molecular weight excluding hydrogens is 204 g/mol. The molecule has 0 N–H and O–H groups in total. The van der Waals surface area contributed by atoms with Crippen molar-refractivity contribution < 1.29 is 0 Å². The summed E-state index contributed by atoms with van der Waals surface area (Å²) in [6, 6.07) is 0. The highest BCUT2D eigenvalue weighted by molar-refractivity contribution is 4.82. The predicted octanol–water partition coefficient (Wildman–Crippen LogP) is 5.89. The average Bonchev–Trinajstić information content (AvgIpc) is 2.22. The van der Waals surface area contributed by atoms with Crippen molar-refractivity contribution >= 4 is 0 Å². The van der Waals surface area contributed by atoms with Crippen molar-refractivity contribution in [3.05, 3.63) is 19.1 Å². The Morgan fingerprint density at radius 2 is 1.76 bits per heavy atom. The normalized spacial score (nSPS) is 17.5. The third kappa shape index (κ3) is 6.91. The van der Waals surface area contributed by atoms with Gasteiger partial charge in [0.05, 0.1) is 0 Å². The summed E-state index contributed by atoms with van der Waals surface area (Å²) in [5, 5.41) is 0. The van der Waals surface area contributed by atoms with Gasteiger partial charge in [-0.1, -0.05) is 65.9 Å². The zero-order chi connectivity index (χ0) is 13.5. The van der Waals surface area contributed by atoms with Crippen LogP contribution < -0.4 is 0 Å². The van der Waals surface area contributed by atoms with Gasteiger partial charge in [-0.05, 0) is 17.8 Å². The van der Waals surface area contributed by atoms with E-state index < -0.39 is 0 Å². The van der Waals surface area contributed by atoms with E-state index in [1.165, 1.54) is 19.3 Å². The SMILES string of the molecule is C=CCC(C)C([CH-]C)CCCC(C)C(C)(C)C. The molecule has 0 heterocycles. The molecule has 0 radical (unpaired) electrons. The van der Waals surface area contributed by atoms with Crippen molar-refractivity contribution in [3.8, 4) is 0 Å². The molecule has 102 valence electrons. The second kappa shape index (κ2) is 7.95. The van der Waals surface area contributed by atoms with Crippen LogP contribution in [0.2, 0.25) is 0 Å². The maximum atomic E-state index is 3.84. The van der Waals surface area contributed by atoms with Crippen LogP contribution in [0.5, 0.6) is 0 Å². The molecule has 0 saturated carbocycles.